The Morgan fingerprint density at radius 2 is 1.82 bits per heavy atom. The quantitative estimate of drug-likeness (QED) is 0.597. The molecule has 1 heterocycles. The molecule has 0 spiro atoms. The van der Waals surface area contributed by atoms with Crippen LogP contribution in [0.5, 0.6) is 5.75 Å². The second-order valence-corrected chi connectivity index (χ2v) is 2.14. The zero-order chi connectivity index (χ0) is 7.73. The predicted molar refractivity (Wildman–Crippen MR) is 35.8 cm³/mol. The highest BCUT2D eigenvalue weighted by molar-refractivity contribution is 5.21. The first kappa shape index (κ1) is 6.27. The van der Waals surface area contributed by atoms with Crippen LogP contribution in [-0.4, -0.2) is 6.10 Å². The van der Waals surface area contributed by atoms with Gasteiger partial charge in [0.1, 0.15) is 5.75 Å². The van der Waals surface area contributed by atoms with E-state index in [0.29, 0.717) is 5.75 Å². The minimum atomic E-state index is -2.10. The lowest BCUT2D eigenvalue weighted by molar-refractivity contribution is 0.0208. The molecule has 1 aliphatic heterocycles. The van der Waals surface area contributed by atoms with Crippen LogP contribution in [0.3, 0.4) is 0 Å². The lowest BCUT2D eigenvalue weighted by Gasteiger charge is -2.02. The van der Waals surface area contributed by atoms with E-state index >= 15 is 0 Å². The Labute approximate surface area is 62.5 Å². The zero-order valence-corrected chi connectivity index (χ0v) is 5.57. The van der Waals surface area contributed by atoms with E-state index in [0.717, 1.165) is 0 Å². The van der Waals surface area contributed by atoms with Gasteiger partial charge in [0.25, 0.3) is 0 Å². The summed E-state index contributed by atoms with van der Waals surface area (Å²) in [4.78, 5) is 0. The molecular weight excluding hydrogens is 147 g/mol. The van der Waals surface area contributed by atoms with E-state index in [1.165, 1.54) is 0 Å². The summed E-state index contributed by atoms with van der Waals surface area (Å²) in [6.07, 6.45) is -2.10. The van der Waals surface area contributed by atoms with Gasteiger partial charge in [0.05, 0.1) is 0 Å². The van der Waals surface area contributed by atoms with Crippen LogP contribution < -0.4 is 4.74 Å². The number of nitrogens with zero attached hydrogens (tertiary/aromatic N) is 2. The third-order valence-electron chi connectivity index (χ3n) is 1.25. The van der Waals surface area contributed by atoms with Crippen molar-refractivity contribution in [2.75, 3.05) is 0 Å². The molecule has 1 aliphatic rings. The standard InChI is InChI=1S/C7H5FN2O/c8-7(9-10-7)11-6-4-2-1-3-5-6/h1-5H. The smallest absolute Gasteiger partial charge is 0.419 e. The molecule has 3 nitrogen and oxygen atoms in total. The maximum Gasteiger partial charge on any atom is 0.495 e. The van der Waals surface area contributed by atoms with Gasteiger partial charge in [-0.2, -0.15) is 0 Å². The summed E-state index contributed by atoms with van der Waals surface area (Å²) in [7, 11) is 0. The molecule has 0 radical (unpaired) electrons. The molecule has 56 valence electrons. The molecule has 0 aromatic heterocycles. The van der Waals surface area contributed by atoms with Crippen LogP contribution in [0.4, 0.5) is 4.39 Å². The molecule has 0 saturated heterocycles. The predicted octanol–water partition coefficient (Wildman–Crippen LogP) is 2.11. The van der Waals surface area contributed by atoms with E-state index < -0.39 is 6.10 Å². The van der Waals surface area contributed by atoms with Gasteiger partial charge in [-0.3, -0.25) is 0 Å². The van der Waals surface area contributed by atoms with Crippen LogP contribution in [0.2, 0.25) is 0 Å². The van der Waals surface area contributed by atoms with Gasteiger partial charge in [-0.25, -0.2) is 0 Å². The van der Waals surface area contributed by atoms with Gasteiger partial charge in [-0.15, -0.1) is 4.39 Å². The molecule has 1 aromatic rings. The first-order valence-electron chi connectivity index (χ1n) is 3.16. The first-order valence-corrected chi connectivity index (χ1v) is 3.16. The van der Waals surface area contributed by atoms with Gasteiger partial charge in [0, 0.05) is 0 Å². The monoisotopic (exact) mass is 152 g/mol. The molecule has 11 heavy (non-hydrogen) atoms. The number of ether oxygens (including phenoxy) is 1. The maximum atomic E-state index is 12.6. The van der Waals surface area contributed by atoms with Gasteiger partial charge in [-0.1, -0.05) is 28.4 Å². The Kier molecular flexibility index (Phi) is 1.15. The van der Waals surface area contributed by atoms with Crippen LogP contribution >= 0.6 is 0 Å². The second-order valence-electron chi connectivity index (χ2n) is 2.14. The van der Waals surface area contributed by atoms with E-state index in [1.807, 2.05) is 6.07 Å². The summed E-state index contributed by atoms with van der Waals surface area (Å²) in [6.45, 7) is 0. The number of benzene rings is 1. The van der Waals surface area contributed by atoms with Gasteiger partial charge in [0.15, 0.2) is 0 Å². The minimum absolute atomic E-state index is 0.431. The number of halogens is 1. The van der Waals surface area contributed by atoms with Crippen molar-refractivity contribution < 1.29 is 9.13 Å². The lowest BCUT2D eigenvalue weighted by Crippen LogP contribution is -2.11. The number of alkyl halides is 1. The molecule has 0 atom stereocenters. The van der Waals surface area contributed by atoms with Crippen molar-refractivity contribution in [2.45, 2.75) is 6.10 Å². The van der Waals surface area contributed by atoms with Crippen LogP contribution in [0, 0.1) is 0 Å². The van der Waals surface area contributed by atoms with Crippen LogP contribution in [0.25, 0.3) is 0 Å². The Balaban J connectivity index is 2.08. The Morgan fingerprint density at radius 1 is 1.18 bits per heavy atom. The van der Waals surface area contributed by atoms with Crippen molar-refractivity contribution in [3.8, 4) is 5.75 Å². The van der Waals surface area contributed by atoms with Crippen LogP contribution in [0.1, 0.15) is 0 Å². The van der Waals surface area contributed by atoms with Gasteiger partial charge < -0.3 is 4.74 Å². The molecule has 2 rings (SSSR count). The van der Waals surface area contributed by atoms with Crippen molar-refractivity contribution in [3.05, 3.63) is 30.3 Å². The normalized spacial score (nSPS) is 17.9. The molecule has 0 N–H and O–H groups in total. The number of rotatable bonds is 2. The Morgan fingerprint density at radius 3 is 2.36 bits per heavy atom. The fraction of sp³-hybridized carbons (Fsp3) is 0.143. The summed E-state index contributed by atoms with van der Waals surface area (Å²) in [6, 6.07) is 8.61. The average Bonchev–Trinajstić information content (AvgIpc) is 2.70. The zero-order valence-electron chi connectivity index (χ0n) is 5.57. The molecule has 0 bridgehead atoms. The number of hydrogen-bond donors (Lipinski definition) is 0. The molecular formula is C7H5FN2O. The molecule has 0 unspecified atom stereocenters. The van der Waals surface area contributed by atoms with E-state index in [1.54, 1.807) is 24.3 Å². The van der Waals surface area contributed by atoms with Gasteiger partial charge in [0.2, 0.25) is 0 Å². The third-order valence-corrected chi connectivity index (χ3v) is 1.25. The fourth-order valence-electron chi connectivity index (χ4n) is 0.719. The third kappa shape index (κ3) is 1.34. The Hall–Kier alpha value is -1.45. The molecule has 0 amide bonds. The summed E-state index contributed by atoms with van der Waals surface area (Å²) in [5, 5.41) is 6.13. The highest BCUT2D eigenvalue weighted by Gasteiger charge is 2.44. The summed E-state index contributed by atoms with van der Waals surface area (Å²) < 4.78 is 17.3. The summed E-state index contributed by atoms with van der Waals surface area (Å²) in [5.74, 6) is 0.431. The van der Waals surface area contributed by atoms with E-state index in [9.17, 15) is 4.39 Å². The van der Waals surface area contributed by atoms with Crippen molar-refractivity contribution in [1.82, 2.24) is 0 Å². The molecule has 0 saturated carbocycles. The van der Waals surface area contributed by atoms with Crippen LogP contribution in [-0.2, 0) is 0 Å². The van der Waals surface area contributed by atoms with E-state index in [2.05, 4.69) is 10.2 Å². The van der Waals surface area contributed by atoms with Crippen molar-refractivity contribution in [3.63, 3.8) is 0 Å². The number of para-hydroxylation sites is 1. The lowest BCUT2D eigenvalue weighted by atomic mass is 10.3. The molecule has 1 aromatic carbocycles. The molecule has 0 aliphatic carbocycles. The summed E-state index contributed by atoms with van der Waals surface area (Å²) in [5.41, 5.74) is 0. The van der Waals surface area contributed by atoms with E-state index in [-0.39, 0.29) is 0 Å². The second kappa shape index (κ2) is 2.02. The largest absolute Gasteiger partial charge is 0.495 e. The van der Waals surface area contributed by atoms with Gasteiger partial charge in [-0.05, 0) is 12.1 Å². The van der Waals surface area contributed by atoms with Crippen LogP contribution in [0.15, 0.2) is 40.6 Å². The SMILES string of the molecule is FC1(Oc2ccccc2)N=N1. The highest BCUT2D eigenvalue weighted by Crippen LogP contribution is 2.32. The maximum absolute atomic E-state index is 12.6. The topological polar surface area (TPSA) is 34.0 Å². The van der Waals surface area contributed by atoms with Gasteiger partial charge >= 0.3 is 6.10 Å². The molecule has 4 heteroatoms. The fourth-order valence-corrected chi connectivity index (χ4v) is 0.719. The first-order chi connectivity index (χ1) is 5.29. The number of hydrogen-bond acceptors (Lipinski definition) is 3. The Bertz CT molecular complexity index is 280. The highest BCUT2D eigenvalue weighted by atomic mass is 19.2. The van der Waals surface area contributed by atoms with E-state index in [4.69, 9.17) is 4.74 Å². The average molecular weight is 152 g/mol. The minimum Gasteiger partial charge on any atom is -0.419 e. The van der Waals surface area contributed by atoms with Crippen molar-refractivity contribution in [2.24, 2.45) is 10.2 Å². The molecule has 0 fully saturated rings. The van der Waals surface area contributed by atoms with Crippen molar-refractivity contribution >= 4 is 0 Å². The summed E-state index contributed by atoms with van der Waals surface area (Å²) >= 11 is 0. The van der Waals surface area contributed by atoms with Crippen molar-refractivity contribution in [1.29, 1.82) is 0 Å².